The van der Waals surface area contributed by atoms with Crippen molar-refractivity contribution in [2.45, 2.75) is 20.3 Å². The fourth-order valence-corrected chi connectivity index (χ4v) is 0.765. The summed E-state index contributed by atoms with van der Waals surface area (Å²) in [5, 5.41) is 3.86. The van der Waals surface area contributed by atoms with Crippen LogP contribution in [-0.4, -0.2) is 11.6 Å². The third kappa shape index (κ3) is 2.74. The Morgan fingerprint density at radius 3 is 3.00 bits per heavy atom. The highest BCUT2D eigenvalue weighted by Gasteiger charge is 2.00. The molecule has 70 valence electrons. The number of nitrogens with one attached hydrogen (secondary N) is 1. The molecule has 1 aromatic heterocycles. The molecule has 0 aliphatic rings. The molecule has 1 rings (SSSR count). The van der Waals surface area contributed by atoms with Crippen LogP contribution in [0, 0.1) is 0 Å². The van der Waals surface area contributed by atoms with Gasteiger partial charge in [0, 0.05) is 6.42 Å². The van der Waals surface area contributed by atoms with E-state index in [-0.39, 0.29) is 5.91 Å². The molecule has 0 fully saturated rings. The lowest BCUT2D eigenvalue weighted by Crippen LogP contribution is -2.17. The van der Waals surface area contributed by atoms with Gasteiger partial charge in [0.2, 0.25) is 5.91 Å². The normalized spacial score (nSPS) is 11.4. The molecule has 0 saturated heterocycles. The molecule has 0 radical (unpaired) electrons. The highest BCUT2D eigenvalue weighted by molar-refractivity contribution is 5.96. The summed E-state index contributed by atoms with van der Waals surface area (Å²) in [5.41, 5.74) is 3.07. The van der Waals surface area contributed by atoms with E-state index in [0.29, 0.717) is 17.9 Å². The molecule has 1 N–H and O–H groups in total. The van der Waals surface area contributed by atoms with Crippen LogP contribution in [0.4, 0.5) is 0 Å². The molecule has 0 aromatic carbocycles. The molecule has 4 heteroatoms. The second kappa shape index (κ2) is 4.45. The molecule has 13 heavy (non-hydrogen) atoms. The molecule has 0 aliphatic carbocycles. The second-order valence-corrected chi connectivity index (χ2v) is 2.56. The van der Waals surface area contributed by atoms with Crippen molar-refractivity contribution in [1.82, 2.24) is 5.43 Å². The average Bonchev–Trinajstić information content (AvgIpc) is 2.66. The SMILES string of the molecule is CCC(=O)NN=C(C)c1ccco1. The molecule has 0 aliphatic heterocycles. The summed E-state index contributed by atoms with van der Waals surface area (Å²) in [4.78, 5) is 10.8. The Labute approximate surface area is 76.6 Å². The zero-order valence-corrected chi connectivity index (χ0v) is 7.70. The molecular formula is C9H12N2O2. The Hall–Kier alpha value is -1.58. The van der Waals surface area contributed by atoms with Crippen molar-refractivity contribution < 1.29 is 9.21 Å². The second-order valence-electron chi connectivity index (χ2n) is 2.56. The first-order valence-electron chi connectivity index (χ1n) is 4.11. The first-order chi connectivity index (χ1) is 6.24. The lowest BCUT2D eigenvalue weighted by molar-refractivity contribution is -0.120. The summed E-state index contributed by atoms with van der Waals surface area (Å²) in [5.74, 6) is 0.558. The third-order valence-corrected chi connectivity index (χ3v) is 1.55. The van der Waals surface area contributed by atoms with Crippen molar-refractivity contribution in [3.63, 3.8) is 0 Å². The highest BCUT2D eigenvalue weighted by atomic mass is 16.3. The number of hydrogen-bond donors (Lipinski definition) is 1. The van der Waals surface area contributed by atoms with E-state index in [1.165, 1.54) is 0 Å². The monoisotopic (exact) mass is 180 g/mol. The third-order valence-electron chi connectivity index (χ3n) is 1.55. The van der Waals surface area contributed by atoms with Gasteiger partial charge in [-0.3, -0.25) is 4.79 Å². The molecule has 0 spiro atoms. The molecule has 0 saturated carbocycles. The molecule has 0 bridgehead atoms. The van der Waals surface area contributed by atoms with E-state index in [1.807, 2.05) is 0 Å². The maximum absolute atomic E-state index is 10.8. The van der Waals surface area contributed by atoms with Crippen LogP contribution in [0.1, 0.15) is 26.0 Å². The van der Waals surface area contributed by atoms with Crippen LogP contribution >= 0.6 is 0 Å². The minimum absolute atomic E-state index is 0.106. The first-order valence-corrected chi connectivity index (χ1v) is 4.11. The van der Waals surface area contributed by atoms with E-state index in [0.717, 1.165) is 0 Å². The number of rotatable bonds is 3. The van der Waals surface area contributed by atoms with Gasteiger partial charge in [-0.25, -0.2) is 5.43 Å². The van der Waals surface area contributed by atoms with Gasteiger partial charge in [-0.2, -0.15) is 5.10 Å². The minimum Gasteiger partial charge on any atom is -0.463 e. The number of carbonyl (C=O) groups excluding carboxylic acids is 1. The van der Waals surface area contributed by atoms with Gasteiger partial charge in [-0.1, -0.05) is 6.92 Å². The average molecular weight is 180 g/mol. The van der Waals surface area contributed by atoms with Crippen LogP contribution in [0.15, 0.2) is 27.9 Å². The van der Waals surface area contributed by atoms with E-state index in [1.54, 1.807) is 32.2 Å². The molecule has 1 amide bonds. The standard InChI is InChI=1S/C9H12N2O2/c1-3-9(12)11-10-7(2)8-5-4-6-13-8/h4-6H,3H2,1-2H3,(H,11,12). The van der Waals surface area contributed by atoms with Crippen molar-refractivity contribution in [3.05, 3.63) is 24.2 Å². The topological polar surface area (TPSA) is 54.6 Å². The van der Waals surface area contributed by atoms with Gasteiger partial charge >= 0.3 is 0 Å². The number of carbonyl (C=O) groups is 1. The van der Waals surface area contributed by atoms with Crippen LogP contribution < -0.4 is 5.43 Å². The van der Waals surface area contributed by atoms with Crippen LogP contribution in [-0.2, 0) is 4.79 Å². The van der Waals surface area contributed by atoms with Crippen LogP contribution in [0.25, 0.3) is 0 Å². The minimum atomic E-state index is -0.106. The summed E-state index contributed by atoms with van der Waals surface area (Å²) >= 11 is 0. The smallest absolute Gasteiger partial charge is 0.239 e. The Balaban J connectivity index is 2.57. The predicted octanol–water partition coefficient (Wildman–Crippen LogP) is 1.53. The van der Waals surface area contributed by atoms with Gasteiger partial charge in [0.05, 0.1) is 6.26 Å². The molecule has 4 nitrogen and oxygen atoms in total. The van der Waals surface area contributed by atoms with E-state index >= 15 is 0 Å². The number of hydrazone groups is 1. The zero-order chi connectivity index (χ0) is 9.68. The molecule has 0 unspecified atom stereocenters. The van der Waals surface area contributed by atoms with Crippen molar-refractivity contribution >= 4 is 11.6 Å². The van der Waals surface area contributed by atoms with Crippen LogP contribution in [0.2, 0.25) is 0 Å². The Bertz CT molecular complexity index is 301. The number of nitrogens with zero attached hydrogens (tertiary/aromatic N) is 1. The number of furan rings is 1. The summed E-state index contributed by atoms with van der Waals surface area (Å²) in [6.07, 6.45) is 1.99. The van der Waals surface area contributed by atoms with E-state index < -0.39 is 0 Å². The van der Waals surface area contributed by atoms with Crippen molar-refractivity contribution in [2.75, 3.05) is 0 Å². The fraction of sp³-hybridized carbons (Fsp3) is 0.333. The largest absolute Gasteiger partial charge is 0.463 e. The van der Waals surface area contributed by atoms with Gasteiger partial charge in [-0.15, -0.1) is 0 Å². The molecule has 0 atom stereocenters. The van der Waals surface area contributed by atoms with Gasteiger partial charge in [0.1, 0.15) is 11.5 Å². The Morgan fingerprint density at radius 2 is 2.46 bits per heavy atom. The summed E-state index contributed by atoms with van der Waals surface area (Å²) < 4.78 is 5.08. The lowest BCUT2D eigenvalue weighted by atomic mass is 10.3. The van der Waals surface area contributed by atoms with Crippen LogP contribution in [0.3, 0.4) is 0 Å². The Kier molecular flexibility index (Phi) is 3.25. The fourth-order valence-electron chi connectivity index (χ4n) is 0.765. The molecular weight excluding hydrogens is 168 g/mol. The maximum atomic E-state index is 10.8. The quantitative estimate of drug-likeness (QED) is 0.566. The number of hydrogen-bond acceptors (Lipinski definition) is 3. The van der Waals surface area contributed by atoms with Gasteiger partial charge < -0.3 is 4.42 Å². The maximum Gasteiger partial charge on any atom is 0.239 e. The van der Waals surface area contributed by atoms with Gasteiger partial charge in [0.25, 0.3) is 0 Å². The van der Waals surface area contributed by atoms with Gasteiger partial charge in [0.15, 0.2) is 0 Å². The van der Waals surface area contributed by atoms with Crippen molar-refractivity contribution in [1.29, 1.82) is 0 Å². The predicted molar refractivity (Wildman–Crippen MR) is 49.4 cm³/mol. The highest BCUT2D eigenvalue weighted by Crippen LogP contribution is 2.00. The van der Waals surface area contributed by atoms with E-state index in [2.05, 4.69) is 10.5 Å². The summed E-state index contributed by atoms with van der Waals surface area (Å²) in [6, 6.07) is 3.56. The van der Waals surface area contributed by atoms with E-state index in [4.69, 9.17) is 4.42 Å². The molecule has 1 aromatic rings. The summed E-state index contributed by atoms with van der Waals surface area (Å²) in [7, 11) is 0. The Morgan fingerprint density at radius 1 is 1.69 bits per heavy atom. The molecule has 1 heterocycles. The summed E-state index contributed by atoms with van der Waals surface area (Å²) in [6.45, 7) is 3.54. The zero-order valence-electron chi connectivity index (χ0n) is 7.70. The van der Waals surface area contributed by atoms with Gasteiger partial charge in [-0.05, 0) is 19.1 Å². The number of amides is 1. The van der Waals surface area contributed by atoms with Crippen molar-refractivity contribution in [2.24, 2.45) is 5.10 Å². The van der Waals surface area contributed by atoms with Crippen LogP contribution in [0.5, 0.6) is 0 Å². The lowest BCUT2D eigenvalue weighted by Gasteiger charge is -1.97. The van der Waals surface area contributed by atoms with Crippen molar-refractivity contribution in [3.8, 4) is 0 Å². The van der Waals surface area contributed by atoms with E-state index in [9.17, 15) is 4.79 Å². The first kappa shape index (κ1) is 9.51.